The number of amides is 1. The van der Waals surface area contributed by atoms with Gasteiger partial charge < -0.3 is 5.32 Å². The molecular formula is C28H47NO2. The SMILES string of the molecule is CCCCCCCCCC(=O)N[C@H](Cc1ccccc1)C(=O)CCCCCCCCC. The van der Waals surface area contributed by atoms with Gasteiger partial charge in [0.25, 0.3) is 0 Å². The molecule has 176 valence electrons. The first kappa shape index (κ1) is 27.4. The quantitative estimate of drug-likeness (QED) is 0.217. The summed E-state index contributed by atoms with van der Waals surface area (Å²) in [5.41, 5.74) is 1.11. The monoisotopic (exact) mass is 429 g/mol. The van der Waals surface area contributed by atoms with Gasteiger partial charge in [0, 0.05) is 12.8 Å². The van der Waals surface area contributed by atoms with Gasteiger partial charge in [-0.3, -0.25) is 9.59 Å². The van der Waals surface area contributed by atoms with Crippen LogP contribution in [-0.4, -0.2) is 17.7 Å². The van der Waals surface area contributed by atoms with E-state index in [0.29, 0.717) is 19.3 Å². The van der Waals surface area contributed by atoms with Crippen molar-refractivity contribution in [1.82, 2.24) is 5.32 Å². The van der Waals surface area contributed by atoms with E-state index in [1.54, 1.807) is 0 Å². The minimum absolute atomic E-state index is 0.0300. The highest BCUT2D eigenvalue weighted by Crippen LogP contribution is 2.13. The summed E-state index contributed by atoms with van der Waals surface area (Å²) >= 11 is 0. The lowest BCUT2D eigenvalue weighted by Gasteiger charge is -2.18. The molecular weight excluding hydrogens is 382 g/mol. The Morgan fingerprint density at radius 2 is 1.16 bits per heavy atom. The molecule has 0 saturated carbocycles. The molecule has 0 aliphatic heterocycles. The molecule has 0 bridgehead atoms. The fraction of sp³-hybridized carbons (Fsp3) is 0.714. The number of carbonyl (C=O) groups is 2. The molecule has 0 unspecified atom stereocenters. The van der Waals surface area contributed by atoms with E-state index in [2.05, 4.69) is 19.2 Å². The number of unbranched alkanes of at least 4 members (excludes halogenated alkanes) is 12. The third-order valence-electron chi connectivity index (χ3n) is 6.04. The molecule has 1 rings (SSSR count). The molecule has 0 radical (unpaired) electrons. The van der Waals surface area contributed by atoms with Crippen molar-refractivity contribution in [2.24, 2.45) is 0 Å². The van der Waals surface area contributed by atoms with Gasteiger partial charge in [-0.1, -0.05) is 121 Å². The number of ketones is 1. The van der Waals surface area contributed by atoms with Crippen molar-refractivity contribution >= 4 is 11.7 Å². The number of benzene rings is 1. The van der Waals surface area contributed by atoms with E-state index in [9.17, 15) is 9.59 Å². The van der Waals surface area contributed by atoms with Crippen LogP contribution >= 0.6 is 0 Å². The van der Waals surface area contributed by atoms with Crippen LogP contribution in [0.3, 0.4) is 0 Å². The van der Waals surface area contributed by atoms with Crippen molar-refractivity contribution in [2.75, 3.05) is 0 Å². The predicted molar refractivity (Wildman–Crippen MR) is 132 cm³/mol. The van der Waals surface area contributed by atoms with Crippen LogP contribution in [0.1, 0.15) is 122 Å². The van der Waals surface area contributed by atoms with Crippen LogP contribution in [0.15, 0.2) is 30.3 Å². The summed E-state index contributed by atoms with van der Waals surface area (Å²) in [5.74, 6) is 0.215. The Balaban J connectivity index is 2.39. The highest BCUT2D eigenvalue weighted by molar-refractivity contribution is 5.89. The summed E-state index contributed by atoms with van der Waals surface area (Å²) in [6, 6.07) is 9.66. The Kier molecular flexibility index (Phi) is 16.9. The number of carbonyl (C=O) groups excluding carboxylic acids is 2. The highest BCUT2D eigenvalue weighted by Gasteiger charge is 2.20. The van der Waals surface area contributed by atoms with Gasteiger partial charge >= 0.3 is 0 Å². The molecule has 3 nitrogen and oxygen atoms in total. The van der Waals surface area contributed by atoms with E-state index >= 15 is 0 Å². The number of hydrogen-bond donors (Lipinski definition) is 1. The second-order valence-corrected chi connectivity index (χ2v) is 9.02. The zero-order valence-electron chi connectivity index (χ0n) is 20.3. The molecule has 31 heavy (non-hydrogen) atoms. The van der Waals surface area contributed by atoms with E-state index in [1.165, 1.54) is 64.2 Å². The van der Waals surface area contributed by atoms with Crippen molar-refractivity contribution in [2.45, 2.75) is 129 Å². The average molecular weight is 430 g/mol. The first-order valence-corrected chi connectivity index (χ1v) is 13.0. The molecule has 1 N–H and O–H groups in total. The van der Waals surface area contributed by atoms with Crippen molar-refractivity contribution in [3.63, 3.8) is 0 Å². The van der Waals surface area contributed by atoms with Gasteiger partial charge in [-0.05, 0) is 24.8 Å². The summed E-state index contributed by atoms with van der Waals surface area (Å²) in [4.78, 5) is 25.4. The fourth-order valence-electron chi connectivity index (χ4n) is 4.03. The third kappa shape index (κ3) is 14.9. The molecule has 0 aliphatic carbocycles. The highest BCUT2D eigenvalue weighted by atomic mass is 16.2. The van der Waals surface area contributed by atoms with E-state index in [0.717, 1.165) is 31.2 Å². The molecule has 0 spiro atoms. The number of Topliss-reactive ketones (excluding diaryl/α,β-unsaturated/α-hetero) is 1. The van der Waals surface area contributed by atoms with Gasteiger partial charge in [-0.15, -0.1) is 0 Å². The van der Waals surface area contributed by atoms with Crippen LogP contribution in [-0.2, 0) is 16.0 Å². The Morgan fingerprint density at radius 1 is 0.677 bits per heavy atom. The molecule has 0 heterocycles. The van der Waals surface area contributed by atoms with Crippen LogP contribution in [0.4, 0.5) is 0 Å². The molecule has 0 saturated heterocycles. The maximum absolute atomic E-state index is 12.9. The van der Waals surface area contributed by atoms with Crippen LogP contribution in [0, 0.1) is 0 Å². The van der Waals surface area contributed by atoms with Gasteiger partial charge in [0.1, 0.15) is 0 Å². The van der Waals surface area contributed by atoms with Crippen LogP contribution < -0.4 is 5.32 Å². The standard InChI is InChI=1S/C28H47NO2/c1-3-5-7-9-11-13-18-22-27(30)26(24-25-20-16-15-17-21-25)29-28(31)23-19-14-12-10-8-6-4-2/h15-17,20-21,26H,3-14,18-19,22-24H2,1-2H3,(H,29,31)/t26-/m1/s1. The van der Waals surface area contributed by atoms with Gasteiger partial charge in [-0.25, -0.2) is 0 Å². The average Bonchev–Trinajstić information content (AvgIpc) is 2.78. The van der Waals surface area contributed by atoms with Gasteiger partial charge in [-0.2, -0.15) is 0 Å². The summed E-state index contributed by atoms with van der Waals surface area (Å²) in [6.07, 6.45) is 18.5. The van der Waals surface area contributed by atoms with E-state index in [4.69, 9.17) is 0 Å². The topological polar surface area (TPSA) is 46.2 Å². The van der Waals surface area contributed by atoms with E-state index in [-0.39, 0.29) is 17.7 Å². The largest absolute Gasteiger partial charge is 0.346 e. The summed E-state index contributed by atoms with van der Waals surface area (Å²) < 4.78 is 0. The summed E-state index contributed by atoms with van der Waals surface area (Å²) in [6.45, 7) is 4.46. The molecule has 1 aromatic carbocycles. The Hall–Kier alpha value is -1.64. The zero-order chi connectivity index (χ0) is 22.6. The van der Waals surface area contributed by atoms with Crippen LogP contribution in [0.2, 0.25) is 0 Å². The smallest absolute Gasteiger partial charge is 0.220 e. The predicted octanol–water partition coefficient (Wildman–Crippen LogP) is 7.56. The summed E-state index contributed by atoms with van der Waals surface area (Å²) in [5, 5.41) is 3.06. The van der Waals surface area contributed by atoms with Crippen molar-refractivity contribution in [3.05, 3.63) is 35.9 Å². The van der Waals surface area contributed by atoms with Crippen LogP contribution in [0.5, 0.6) is 0 Å². The lowest BCUT2D eigenvalue weighted by atomic mass is 9.98. The van der Waals surface area contributed by atoms with Crippen molar-refractivity contribution < 1.29 is 9.59 Å². The van der Waals surface area contributed by atoms with Gasteiger partial charge in [0.05, 0.1) is 6.04 Å². The molecule has 3 heteroatoms. The Bertz CT molecular complexity index is 570. The zero-order valence-corrected chi connectivity index (χ0v) is 20.3. The number of nitrogens with one attached hydrogen (secondary N) is 1. The second-order valence-electron chi connectivity index (χ2n) is 9.02. The molecule has 1 amide bonds. The molecule has 0 aliphatic rings. The van der Waals surface area contributed by atoms with Crippen LogP contribution in [0.25, 0.3) is 0 Å². The Labute approximate surface area is 191 Å². The molecule has 1 aromatic rings. The normalized spacial score (nSPS) is 11.9. The second kappa shape index (κ2) is 19.1. The molecule has 1 atom stereocenters. The lowest BCUT2D eigenvalue weighted by Crippen LogP contribution is -2.42. The Morgan fingerprint density at radius 3 is 1.71 bits per heavy atom. The van der Waals surface area contributed by atoms with Crippen molar-refractivity contribution in [3.8, 4) is 0 Å². The maximum Gasteiger partial charge on any atom is 0.220 e. The number of hydrogen-bond acceptors (Lipinski definition) is 2. The van der Waals surface area contributed by atoms with E-state index < -0.39 is 0 Å². The van der Waals surface area contributed by atoms with Gasteiger partial charge in [0.2, 0.25) is 5.91 Å². The summed E-state index contributed by atoms with van der Waals surface area (Å²) in [7, 11) is 0. The van der Waals surface area contributed by atoms with Crippen molar-refractivity contribution in [1.29, 1.82) is 0 Å². The number of rotatable bonds is 20. The molecule has 0 fully saturated rings. The minimum Gasteiger partial charge on any atom is -0.346 e. The minimum atomic E-state index is -0.389. The molecule has 0 aromatic heterocycles. The fourth-order valence-corrected chi connectivity index (χ4v) is 4.03. The first-order valence-electron chi connectivity index (χ1n) is 13.0. The van der Waals surface area contributed by atoms with E-state index in [1.807, 2.05) is 30.3 Å². The lowest BCUT2D eigenvalue weighted by molar-refractivity contribution is -0.128. The first-order chi connectivity index (χ1) is 15.2. The maximum atomic E-state index is 12.9. The third-order valence-corrected chi connectivity index (χ3v) is 6.04. The van der Waals surface area contributed by atoms with Gasteiger partial charge in [0.15, 0.2) is 5.78 Å².